The summed E-state index contributed by atoms with van der Waals surface area (Å²) < 4.78 is 0. The lowest BCUT2D eigenvalue weighted by Gasteiger charge is -2.29. The quantitative estimate of drug-likeness (QED) is 0.0342. The van der Waals surface area contributed by atoms with Gasteiger partial charge in [0, 0.05) is 107 Å². The fourth-order valence-corrected chi connectivity index (χ4v) is 12.1. The highest BCUT2D eigenvalue weighted by Crippen LogP contribution is 2.35. The number of benzene rings is 6. The molecule has 2 aliphatic heterocycles. The van der Waals surface area contributed by atoms with E-state index >= 15 is 0 Å². The molecule has 0 saturated carbocycles. The molecule has 0 aliphatic carbocycles. The summed E-state index contributed by atoms with van der Waals surface area (Å²) in [5.74, 6) is -1.02. The van der Waals surface area contributed by atoms with Gasteiger partial charge in [0.05, 0.1) is 63.9 Å². The Labute approximate surface area is 625 Å². The van der Waals surface area contributed by atoms with Crippen LogP contribution in [0.4, 0.5) is 34.5 Å². The Bertz CT molecular complexity index is 4600. The number of hydrogen-bond acceptors (Lipinski definition) is 12. The van der Waals surface area contributed by atoms with E-state index < -0.39 is 35.4 Å². The molecular weight excluding hydrogens is 1480 g/mol. The summed E-state index contributed by atoms with van der Waals surface area (Å²) in [5, 5.41) is 43.1. The standard InChI is InChI=1S/C25H22Cl3N5O2.C24H20Cl3N5O2.C22H18Cl3N5O2/c26-17-8-9-21(30-14-17)31-25(35)19-12-18(27)13-20(28)22(19)32-24(34)16-6-4-15(5-7-16)23(29)33-10-2-1-3-11-33;25-16-7-8-20(29-13-16)30-24(34)18-11-17(26)12-19(27)21(18)31-23(33)15-5-3-14(4-6-15)22(28)32-9-1-2-10-32;1-30(2)20(26)12-3-5-13(6-4-12)21(31)29-19-16(9-15(24)10-17(19)25)22(32)28-18-8-7-14(23)11-27-18/h4-9,12-14,29H,1-3,10-11H2,(H,32,34)(H,30,31,35);3-8,11-13,28H,1-2,9-10H2,(H,31,33)(H,29,30,34);3-11,26H,1-2H3,(H,29,31)(H,27,28,32). The van der Waals surface area contributed by atoms with Gasteiger partial charge in [-0.05, 0) is 141 Å². The first-order valence-corrected chi connectivity index (χ1v) is 34.1. The minimum atomic E-state index is -0.561. The second-order valence-electron chi connectivity index (χ2n) is 22.7. The number of nitrogens with one attached hydrogen (secondary N) is 9. The van der Waals surface area contributed by atoms with Crippen LogP contribution in [0.25, 0.3) is 0 Å². The fraction of sp³-hybridized carbons (Fsp3) is 0.155. The van der Waals surface area contributed by atoms with Crippen molar-refractivity contribution in [1.29, 1.82) is 16.2 Å². The van der Waals surface area contributed by atoms with E-state index in [1.807, 2.05) is 9.80 Å². The Morgan fingerprint density at radius 3 is 0.871 bits per heavy atom. The van der Waals surface area contributed by atoms with Crippen LogP contribution in [0.15, 0.2) is 164 Å². The van der Waals surface area contributed by atoms with E-state index in [4.69, 9.17) is 121 Å². The molecular formula is C71H60Cl9N15O6. The van der Waals surface area contributed by atoms with E-state index in [9.17, 15) is 28.8 Å². The zero-order chi connectivity index (χ0) is 72.6. The predicted octanol–water partition coefficient (Wildman–Crippen LogP) is 17.8. The zero-order valence-corrected chi connectivity index (χ0v) is 60.3. The third kappa shape index (κ3) is 20.7. The van der Waals surface area contributed by atoms with Gasteiger partial charge in [-0.15, -0.1) is 0 Å². The Balaban J connectivity index is 0.000000177. The van der Waals surface area contributed by atoms with Crippen LogP contribution >= 0.6 is 104 Å². The molecule has 3 aromatic heterocycles. The average molecular weight is 1540 g/mol. The first-order chi connectivity index (χ1) is 48.3. The first-order valence-electron chi connectivity index (χ1n) is 30.7. The highest BCUT2D eigenvalue weighted by Gasteiger charge is 2.25. The topological polar surface area (TPSA) is 295 Å². The number of rotatable bonds is 15. The van der Waals surface area contributed by atoms with Crippen LogP contribution in [-0.4, -0.2) is 123 Å². The Morgan fingerprint density at radius 1 is 0.337 bits per heavy atom. The highest BCUT2D eigenvalue weighted by molar-refractivity contribution is 6.40. The number of pyridine rings is 3. The van der Waals surface area contributed by atoms with E-state index in [0.29, 0.717) is 54.8 Å². The van der Waals surface area contributed by atoms with Gasteiger partial charge in [-0.25, -0.2) is 15.0 Å². The summed E-state index contributed by atoms with van der Waals surface area (Å²) in [7, 11) is 3.52. The maximum atomic E-state index is 13.0. The molecule has 0 spiro atoms. The fourth-order valence-electron chi connectivity index (χ4n) is 10.1. The molecule has 21 nitrogen and oxygen atoms in total. The van der Waals surface area contributed by atoms with Gasteiger partial charge in [0.15, 0.2) is 0 Å². The number of anilines is 6. The zero-order valence-electron chi connectivity index (χ0n) is 53.5. The van der Waals surface area contributed by atoms with Gasteiger partial charge in [-0.2, -0.15) is 0 Å². The van der Waals surface area contributed by atoms with Gasteiger partial charge < -0.3 is 46.6 Å². The number of piperidine rings is 1. The number of carbonyl (C=O) groups is 6. The largest absolute Gasteiger partial charge is 0.363 e. The SMILES string of the molecule is CN(C)C(=N)c1ccc(C(=O)Nc2c(Cl)cc(Cl)cc2C(=O)Nc2ccc(Cl)cn2)cc1.N=C(c1ccc(C(=O)Nc2c(Cl)cc(Cl)cc2C(=O)Nc2ccc(Cl)cn2)cc1)N1CCCC1.N=C(c1ccc(C(=O)Nc2c(Cl)cc(Cl)cc2C(=O)Nc2ccc(Cl)cn2)cc1)N1CCCCC1. The molecule has 518 valence electrons. The van der Waals surface area contributed by atoms with Gasteiger partial charge >= 0.3 is 0 Å². The van der Waals surface area contributed by atoms with Crippen molar-refractivity contribution in [2.24, 2.45) is 0 Å². The summed E-state index contributed by atoms with van der Waals surface area (Å²) in [5.41, 5.74) is 3.76. The number of halogens is 9. The number of aromatic nitrogens is 3. The van der Waals surface area contributed by atoms with Gasteiger partial charge in [0.25, 0.3) is 35.4 Å². The second kappa shape index (κ2) is 35.3. The third-order valence-corrected chi connectivity index (χ3v) is 17.5. The molecule has 0 atom stereocenters. The van der Waals surface area contributed by atoms with E-state index in [2.05, 4.69) is 46.9 Å². The van der Waals surface area contributed by atoms with Crippen LogP contribution in [0.3, 0.4) is 0 Å². The molecule has 0 bridgehead atoms. The third-order valence-electron chi connectivity index (χ3n) is 15.3. The number of nitrogens with zero attached hydrogens (tertiary/aromatic N) is 6. The molecule has 0 unspecified atom stereocenters. The van der Waals surface area contributed by atoms with Crippen LogP contribution in [0.2, 0.25) is 45.2 Å². The van der Waals surface area contributed by atoms with Crippen molar-refractivity contribution in [2.75, 3.05) is 72.2 Å². The van der Waals surface area contributed by atoms with E-state index in [-0.39, 0.29) is 81.3 Å². The Morgan fingerprint density at radius 2 is 0.604 bits per heavy atom. The molecule has 6 aromatic carbocycles. The van der Waals surface area contributed by atoms with Crippen molar-refractivity contribution in [3.8, 4) is 0 Å². The summed E-state index contributed by atoms with van der Waals surface area (Å²) in [6.45, 7) is 3.47. The van der Waals surface area contributed by atoms with E-state index in [1.54, 1.807) is 122 Å². The van der Waals surface area contributed by atoms with Crippen LogP contribution in [0.5, 0.6) is 0 Å². The van der Waals surface area contributed by atoms with Gasteiger partial charge in [-0.3, -0.25) is 45.0 Å². The number of amides is 6. The van der Waals surface area contributed by atoms with Crippen molar-refractivity contribution in [3.05, 3.63) is 259 Å². The van der Waals surface area contributed by atoms with Gasteiger partial charge in [0.1, 0.15) is 35.0 Å². The monoisotopic (exact) mass is 1530 g/mol. The lowest BCUT2D eigenvalue weighted by atomic mass is 10.1. The van der Waals surface area contributed by atoms with Crippen molar-refractivity contribution >= 4 is 192 Å². The maximum absolute atomic E-state index is 13.0. The molecule has 9 aromatic rings. The molecule has 0 radical (unpaired) electrons. The van der Waals surface area contributed by atoms with Crippen LogP contribution < -0.4 is 31.9 Å². The van der Waals surface area contributed by atoms with Crippen molar-refractivity contribution in [1.82, 2.24) is 29.7 Å². The van der Waals surface area contributed by atoms with E-state index in [0.717, 1.165) is 63.0 Å². The molecule has 9 N–H and O–H groups in total. The Kier molecular flexibility index (Phi) is 26.5. The highest BCUT2D eigenvalue weighted by atomic mass is 35.5. The molecule has 2 fully saturated rings. The molecule has 6 amide bonds. The minimum Gasteiger partial charge on any atom is -0.363 e. The number of amidine groups is 3. The lowest BCUT2D eigenvalue weighted by molar-refractivity contribution is 0.101. The summed E-state index contributed by atoms with van der Waals surface area (Å²) in [4.78, 5) is 95.2. The van der Waals surface area contributed by atoms with Crippen molar-refractivity contribution < 1.29 is 28.8 Å². The molecule has 5 heterocycles. The predicted molar refractivity (Wildman–Crippen MR) is 405 cm³/mol. The lowest BCUT2D eigenvalue weighted by Crippen LogP contribution is -2.35. The second-order valence-corrected chi connectivity index (χ2v) is 26.5. The molecule has 30 heteroatoms. The first kappa shape index (κ1) is 75.8. The van der Waals surface area contributed by atoms with Crippen LogP contribution in [-0.2, 0) is 0 Å². The van der Waals surface area contributed by atoms with Crippen LogP contribution in [0.1, 0.15) is 111 Å². The maximum Gasteiger partial charge on any atom is 0.259 e. The molecule has 11 rings (SSSR count). The number of carbonyl (C=O) groups excluding carboxylic acids is 6. The Hall–Kier alpha value is -9.39. The normalized spacial score (nSPS) is 12.3. The van der Waals surface area contributed by atoms with Gasteiger partial charge in [-0.1, -0.05) is 141 Å². The van der Waals surface area contributed by atoms with Crippen molar-refractivity contribution in [2.45, 2.75) is 32.1 Å². The minimum absolute atomic E-state index is 0.0682. The van der Waals surface area contributed by atoms with Crippen LogP contribution in [0, 0.1) is 16.2 Å². The molecule has 101 heavy (non-hydrogen) atoms. The van der Waals surface area contributed by atoms with Gasteiger partial charge in [0.2, 0.25) is 0 Å². The average Bonchev–Trinajstić information content (AvgIpc) is 0.917. The molecule has 2 aliphatic rings. The summed E-state index contributed by atoms with van der Waals surface area (Å²) >= 11 is 54.8. The molecule has 2 saturated heterocycles. The summed E-state index contributed by atoms with van der Waals surface area (Å²) in [6.07, 6.45) is 9.70. The number of likely N-dealkylation sites (tertiary alicyclic amines) is 2. The van der Waals surface area contributed by atoms with E-state index in [1.165, 1.54) is 67.5 Å². The summed E-state index contributed by atoms with van der Waals surface area (Å²) in [6, 6.07) is 38.0. The van der Waals surface area contributed by atoms with Crippen molar-refractivity contribution in [3.63, 3.8) is 0 Å². The number of hydrogen-bond donors (Lipinski definition) is 9. The smallest absolute Gasteiger partial charge is 0.259 e.